The molecule has 1 aliphatic heterocycles. The van der Waals surface area contributed by atoms with Crippen molar-refractivity contribution in [3.8, 4) is 17.2 Å². The van der Waals surface area contributed by atoms with Crippen molar-refractivity contribution in [2.24, 2.45) is 0 Å². The van der Waals surface area contributed by atoms with E-state index in [0.717, 1.165) is 16.7 Å². The van der Waals surface area contributed by atoms with E-state index in [1.165, 1.54) is 0 Å². The largest absolute Gasteiger partial charge is 0.504 e. The van der Waals surface area contributed by atoms with Gasteiger partial charge in [0.15, 0.2) is 11.5 Å². The van der Waals surface area contributed by atoms with Gasteiger partial charge in [-0.3, -0.25) is 9.78 Å². The highest BCUT2D eigenvalue weighted by atomic mass is 19.1. The van der Waals surface area contributed by atoms with Crippen LogP contribution in [0, 0.1) is 12.7 Å². The first-order valence-electron chi connectivity index (χ1n) is 9.45. The van der Waals surface area contributed by atoms with E-state index in [1.54, 1.807) is 60.6 Å². The van der Waals surface area contributed by atoms with Crippen LogP contribution in [0.3, 0.4) is 0 Å². The molecule has 6 heteroatoms. The van der Waals surface area contributed by atoms with Gasteiger partial charge in [0.1, 0.15) is 11.6 Å². The summed E-state index contributed by atoms with van der Waals surface area (Å²) < 4.78 is 19.8. The topological polar surface area (TPSA) is 62.7 Å². The average molecular weight is 392 g/mol. The van der Waals surface area contributed by atoms with E-state index in [2.05, 4.69) is 4.98 Å². The molecule has 3 aromatic rings. The van der Waals surface area contributed by atoms with Crippen molar-refractivity contribution in [1.82, 2.24) is 9.88 Å². The standard InChI is InChI=1S/C23H21FN2O3/c1-15-18-9-16(10-20(15)24)6-8-26(23(28)12-18)14-17-4-5-21(27)22(11-17)29-19-3-2-7-25-13-19/h2-5,7,9-11,13,27H,6,8,12,14H2,1H3. The van der Waals surface area contributed by atoms with Crippen LogP contribution >= 0.6 is 0 Å². The second-order valence-electron chi connectivity index (χ2n) is 7.20. The van der Waals surface area contributed by atoms with Gasteiger partial charge in [-0.1, -0.05) is 12.1 Å². The van der Waals surface area contributed by atoms with E-state index < -0.39 is 0 Å². The van der Waals surface area contributed by atoms with Crippen molar-refractivity contribution in [2.75, 3.05) is 6.54 Å². The van der Waals surface area contributed by atoms with Crippen LogP contribution in [0.15, 0.2) is 54.9 Å². The summed E-state index contributed by atoms with van der Waals surface area (Å²) in [5.41, 5.74) is 3.00. The van der Waals surface area contributed by atoms with Gasteiger partial charge in [-0.15, -0.1) is 0 Å². The SMILES string of the molecule is Cc1c(F)cc2cc1CC(=O)N(Cc1ccc(O)c(Oc3cccnc3)c1)CC2. The molecule has 0 fully saturated rings. The maximum atomic E-state index is 14.0. The fourth-order valence-electron chi connectivity index (χ4n) is 3.45. The molecule has 1 aliphatic rings. The quantitative estimate of drug-likeness (QED) is 0.724. The van der Waals surface area contributed by atoms with Crippen LogP contribution < -0.4 is 4.74 Å². The van der Waals surface area contributed by atoms with E-state index in [9.17, 15) is 14.3 Å². The van der Waals surface area contributed by atoms with Crippen LogP contribution in [0.1, 0.15) is 22.3 Å². The summed E-state index contributed by atoms with van der Waals surface area (Å²) in [6.07, 6.45) is 3.96. The Balaban J connectivity index is 1.53. The lowest BCUT2D eigenvalue weighted by atomic mass is 9.97. The Morgan fingerprint density at radius 3 is 2.90 bits per heavy atom. The fourth-order valence-corrected chi connectivity index (χ4v) is 3.45. The van der Waals surface area contributed by atoms with Gasteiger partial charge in [-0.25, -0.2) is 4.39 Å². The number of amides is 1. The van der Waals surface area contributed by atoms with Crippen LogP contribution in [0.25, 0.3) is 0 Å². The summed E-state index contributed by atoms with van der Waals surface area (Å²) >= 11 is 0. The molecule has 1 aromatic heterocycles. The zero-order valence-corrected chi connectivity index (χ0v) is 16.1. The molecule has 0 radical (unpaired) electrons. The molecule has 0 saturated carbocycles. The Labute approximate surface area is 168 Å². The first-order chi connectivity index (χ1) is 14.0. The molecule has 1 N–H and O–H groups in total. The number of benzene rings is 2. The summed E-state index contributed by atoms with van der Waals surface area (Å²) in [6.45, 7) is 2.59. The number of carbonyl (C=O) groups excluding carboxylic acids is 1. The minimum Gasteiger partial charge on any atom is -0.504 e. The second kappa shape index (κ2) is 7.91. The van der Waals surface area contributed by atoms with E-state index >= 15 is 0 Å². The summed E-state index contributed by atoms with van der Waals surface area (Å²) in [5, 5.41) is 10.1. The van der Waals surface area contributed by atoms with Crippen molar-refractivity contribution in [1.29, 1.82) is 0 Å². The number of carbonyl (C=O) groups is 1. The van der Waals surface area contributed by atoms with Crippen molar-refractivity contribution in [3.63, 3.8) is 0 Å². The summed E-state index contributed by atoms with van der Waals surface area (Å²) in [6, 6.07) is 12.0. The fraction of sp³-hybridized carbons (Fsp3) is 0.217. The number of rotatable bonds is 4. The maximum absolute atomic E-state index is 14.0. The first-order valence-corrected chi connectivity index (χ1v) is 9.45. The van der Waals surface area contributed by atoms with E-state index in [4.69, 9.17) is 4.74 Å². The van der Waals surface area contributed by atoms with Crippen molar-refractivity contribution < 1.29 is 19.0 Å². The van der Waals surface area contributed by atoms with Gasteiger partial charge in [-0.05, 0) is 65.9 Å². The van der Waals surface area contributed by atoms with Crippen molar-refractivity contribution >= 4 is 5.91 Å². The third-order valence-corrected chi connectivity index (χ3v) is 5.14. The van der Waals surface area contributed by atoms with Gasteiger partial charge in [0, 0.05) is 19.3 Å². The number of halogens is 1. The van der Waals surface area contributed by atoms with Gasteiger partial charge in [-0.2, -0.15) is 0 Å². The molecule has 0 atom stereocenters. The number of aromatic nitrogens is 1. The lowest BCUT2D eigenvalue weighted by Crippen LogP contribution is -2.35. The zero-order valence-electron chi connectivity index (χ0n) is 16.1. The molecular formula is C23H21FN2O3. The predicted molar refractivity (Wildman–Crippen MR) is 106 cm³/mol. The number of aromatic hydroxyl groups is 1. The number of nitrogens with zero attached hydrogens (tertiary/aromatic N) is 2. The molecule has 4 rings (SSSR count). The number of ether oxygens (including phenoxy) is 1. The van der Waals surface area contributed by atoms with Gasteiger partial charge in [0.2, 0.25) is 5.91 Å². The van der Waals surface area contributed by atoms with Crippen LogP contribution in [0.4, 0.5) is 4.39 Å². The molecule has 0 unspecified atom stereocenters. The van der Waals surface area contributed by atoms with E-state index in [-0.39, 0.29) is 23.9 Å². The summed E-state index contributed by atoms with van der Waals surface area (Å²) in [4.78, 5) is 18.6. The lowest BCUT2D eigenvalue weighted by molar-refractivity contribution is -0.131. The van der Waals surface area contributed by atoms with Crippen molar-refractivity contribution in [3.05, 3.63) is 82.9 Å². The first kappa shape index (κ1) is 18.9. The Bertz CT molecular complexity index is 1050. The predicted octanol–water partition coefficient (Wildman–Crippen LogP) is 4.15. The molecule has 2 heterocycles. The lowest BCUT2D eigenvalue weighted by Gasteiger charge is -2.26. The molecule has 2 aromatic carbocycles. The molecule has 1 amide bonds. The van der Waals surface area contributed by atoms with Crippen molar-refractivity contribution in [2.45, 2.75) is 26.3 Å². The van der Waals surface area contributed by atoms with Gasteiger partial charge < -0.3 is 14.7 Å². The normalized spacial score (nSPS) is 13.7. The highest BCUT2D eigenvalue weighted by molar-refractivity contribution is 5.79. The van der Waals surface area contributed by atoms with Crippen LogP contribution in [0.2, 0.25) is 0 Å². The maximum Gasteiger partial charge on any atom is 0.227 e. The molecular weight excluding hydrogens is 371 g/mol. The minimum absolute atomic E-state index is 0.0117. The Hall–Kier alpha value is -3.41. The monoisotopic (exact) mass is 392 g/mol. The van der Waals surface area contributed by atoms with E-state index in [1.807, 2.05) is 6.07 Å². The Kier molecular flexibility index (Phi) is 5.16. The Morgan fingerprint density at radius 2 is 2.10 bits per heavy atom. The zero-order chi connectivity index (χ0) is 20.4. The number of hydrogen-bond acceptors (Lipinski definition) is 4. The third kappa shape index (κ3) is 4.21. The molecule has 5 nitrogen and oxygen atoms in total. The number of phenols is 1. The molecule has 148 valence electrons. The highest BCUT2D eigenvalue weighted by Crippen LogP contribution is 2.32. The van der Waals surface area contributed by atoms with Crippen LogP contribution in [-0.2, 0) is 24.2 Å². The minimum atomic E-state index is -0.255. The Morgan fingerprint density at radius 1 is 1.24 bits per heavy atom. The van der Waals surface area contributed by atoms with E-state index in [0.29, 0.717) is 36.6 Å². The van der Waals surface area contributed by atoms with Crippen LogP contribution in [0.5, 0.6) is 17.2 Å². The molecule has 0 spiro atoms. The summed E-state index contributed by atoms with van der Waals surface area (Å²) in [5.74, 6) is 0.524. The number of phenolic OH excluding ortho intramolecular Hbond substituents is 1. The van der Waals surface area contributed by atoms with Crippen LogP contribution in [-0.4, -0.2) is 27.4 Å². The number of pyridine rings is 1. The molecule has 2 bridgehead atoms. The third-order valence-electron chi connectivity index (χ3n) is 5.14. The van der Waals surface area contributed by atoms with Gasteiger partial charge >= 0.3 is 0 Å². The second-order valence-corrected chi connectivity index (χ2v) is 7.20. The van der Waals surface area contributed by atoms with Gasteiger partial charge in [0.05, 0.1) is 12.6 Å². The molecule has 0 aliphatic carbocycles. The molecule has 29 heavy (non-hydrogen) atoms. The molecule has 0 saturated heterocycles. The number of fused-ring (bicyclic) bond motifs is 2. The highest BCUT2D eigenvalue weighted by Gasteiger charge is 2.21. The average Bonchev–Trinajstić information content (AvgIpc) is 2.70. The summed E-state index contributed by atoms with van der Waals surface area (Å²) in [7, 11) is 0. The smallest absolute Gasteiger partial charge is 0.227 e. The number of hydrogen-bond donors (Lipinski definition) is 1. The van der Waals surface area contributed by atoms with Gasteiger partial charge in [0.25, 0.3) is 0 Å².